The number of nitro benzene ring substituents is 1. The van der Waals surface area contributed by atoms with E-state index in [1.54, 1.807) is 6.07 Å². The number of aromatic nitrogens is 2. The number of hydrogen-bond donors (Lipinski definition) is 0. The molecule has 0 saturated carbocycles. The van der Waals surface area contributed by atoms with Crippen molar-refractivity contribution in [3.05, 3.63) is 61.0 Å². The zero-order chi connectivity index (χ0) is 15.6. The fourth-order valence-electron chi connectivity index (χ4n) is 1.62. The van der Waals surface area contributed by atoms with Crippen LogP contribution in [0.2, 0.25) is 0 Å². The van der Waals surface area contributed by atoms with Crippen LogP contribution in [0.5, 0.6) is 0 Å². The lowest BCUT2D eigenvalue weighted by Gasteiger charge is -2.07. The maximum Gasteiger partial charge on any atom is 0.362 e. The van der Waals surface area contributed by atoms with Crippen molar-refractivity contribution in [3.8, 4) is 5.69 Å². The Morgan fingerprint density at radius 1 is 1.43 bits per heavy atom. The quantitative estimate of drug-likeness (QED) is 0.472. The van der Waals surface area contributed by atoms with Gasteiger partial charge in [-0.1, -0.05) is 15.9 Å². The molecule has 0 spiro atoms. The number of hydrogen-bond acceptors (Lipinski definition) is 6. The van der Waals surface area contributed by atoms with Crippen LogP contribution >= 0.6 is 15.9 Å². The fourth-order valence-corrected chi connectivity index (χ4v) is 1.97. The summed E-state index contributed by atoms with van der Waals surface area (Å²) in [5, 5.41) is 14.9. The van der Waals surface area contributed by atoms with Gasteiger partial charge in [0.05, 0.1) is 12.0 Å². The molecule has 0 unspecified atom stereocenters. The summed E-state index contributed by atoms with van der Waals surface area (Å²) in [6.45, 7) is 0. The maximum absolute atomic E-state index is 11.6. The zero-order valence-electron chi connectivity index (χ0n) is 10.6. The van der Waals surface area contributed by atoms with E-state index in [2.05, 4.69) is 25.8 Å². The minimum absolute atomic E-state index is 0.119. The Morgan fingerprint density at radius 3 is 2.76 bits per heavy atom. The SMILES string of the molecule is COC(=O)c1nn(-c2ccc(Br)cc2[N+](=O)[O-])ccc1=O. The summed E-state index contributed by atoms with van der Waals surface area (Å²) in [7, 11) is 1.11. The molecular weight excluding hydrogens is 346 g/mol. The van der Waals surface area contributed by atoms with E-state index in [1.807, 2.05) is 0 Å². The molecule has 0 fully saturated rings. The van der Waals surface area contributed by atoms with Crippen molar-refractivity contribution < 1.29 is 14.5 Å². The fraction of sp³-hybridized carbons (Fsp3) is 0.0833. The van der Waals surface area contributed by atoms with Crippen LogP contribution < -0.4 is 5.43 Å². The largest absolute Gasteiger partial charge is 0.464 e. The van der Waals surface area contributed by atoms with Gasteiger partial charge in [-0.15, -0.1) is 0 Å². The van der Waals surface area contributed by atoms with Crippen LogP contribution in [-0.2, 0) is 4.74 Å². The number of methoxy groups -OCH3 is 1. The van der Waals surface area contributed by atoms with Gasteiger partial charge in [0.15, 0.2) is 0 Å². The minimum atomic E-state index is -0.908. The lowest BCUT2D eigenvalue weighted by molar-refractivity contribution is -0.384. The standard InChI is InChI=1S/C12H8BrN3O5/c1-21-12(18)11-10(17)4-5-15(14-11)8-3-2-7(13)6-9(8)16(19)20/h2-6H,1H3. The van der Waals surface area contributed by atoms with E-state index in [0.717, 1.165) is 17.9 Å². The molecule has 0 bridgehead atoms. The second-order valence-corrected chi connectivity index (χ2v) is 4.77. The number of carbonyl (C=O) groups excluding carboxylic acids is 1. The molecule has 1 aromatic heterocycles. The molecule has 0 aliphatic heterocycles. The van der Waals surface area contributed by atoms with E-state index in [-0.39, 0.29) is 11.4 Å². The lowest BCUT2D eigenvalue weighted by atomic mass is 10.2. The zero-order valence-corrected chi connectivity index (χ0v) is 12.2. The number of halogens is 1. The Bertz CT molecular complexity index is 787. The van der Waals surface area contributed by atoms with Crippen molar-refractivity contribution >= 4 is 27.6 Å². The first-order valence-corrected chi connectivity index (χ1v) is 6.36. The first kappa shape index (κ1) is 14.9. The topological polar surface area (TPSA) is 104 Å². The van der Waals surface area contributed by atoms with Crippen molar-refractivity contribution in [2.45, 2.75) is 0 Å². The molecule has 0 aliphatic carbocycles. The summed E-state index contributed by atoms with van der Waals surface area (Å²) in [5.74, 6) is -0.908. The minimum Gasteiger partial charge on any atom is -0.464 e. The molecule has 0 atom stereocenters. The van der Waals surface area contributed by atoms with Gasteiger partial charge in [0.1, 0.15) is 5.69 Å². The van der Waals surface area contributed by atoms with E-state index in [4.69, 9.17) is 0 Å². The van der Waals surface area contributed by atoms with Gasteiger partial charge in [-0.3, -0.25) is 14.9 Å². The molecule has 9 heteroatoms. The van der Waals surface area contributed by atoms with Crippen molar-refractivity contribution in [1.29, 1.82) is 0 Å². The first-order chi connectivity index (χ1) is 9.93. The molecule has 0 radical (unpaired) electrons. The molecule has 2 aromatic rings. The molecule has 0 saturated heterocycles. The molecule has 2 rings (SSSR count). The lowest BCUT2D eigenvalue weighted by Crippen LogP contribution is -2.21. The van der Waals surface area contributed by atoms with E-state index < -0.39 is 22.0 Å². The smallest absolute Gasteiger partial charge is 0.362 e. The van der Waals surface area contributed by atoms with Gasteiger partial charge in [-0.25, -0.2) is 9.48 Å². The van der Waals surface area contributed by atoms with Crippen LogP contribution in [0.15, 0.2) is 39.7 Å². The van der Waals surface area contributed by atoms with Crippen LogP contribution in [0, 0.1) is 10.1 Å². The number of rotatable bonds is 3. The predicted molar refractivity (Wildman–Crippen MR) is 75.5 cm³/mol. The van der Waals surface area contributed by atoms with Crippen molar-refractivity contribution in [3.63, 3.8) is 0 Å². The second-order valence-electron chi connectivity index (χ2n) is 3.85. The van der Waals surface area contributed by atoms with Gasteiger partial charge >= 0.3 is 5.97 Å². The highest BCUT2D eigenvalue weighted by Crippen LogP contribution is 2.25. The average molecular weight is 354 g/mol. The van der Waals surface area contributed by atoms with Gasteiger partial charge < -0.3 is 4.74 Å². The molecule has 8 nitrogen and oxygen atoms in total. The molecule has 0 N–H and O–H groups in total. The van der Waals surface area contributed by atoms with Crippen LogP contribution in [0.25, 0.3) is 5.69 Å². The number of nitrogens with zero attached hydrogens (tertiary/aromatic N) is 3. The number of ether oxygens (including phenoxy) is 1. The predicted octanol–water partition coefficient (Wildman–Crippen LogP) is 1.69. The van der Waals surface area contributed by atoms with Crippen LogP contribution in [0.1, 0.15) is 10.5 Å². The molecule has 21 heavy (non-hydrogen) atoms. The Kier molecular flexibility index (Phi) is 4.13. The monoisotopic (exact) mass is 353 g/mol. The van der Waals surface area contributed by atoms with E-state index in [1.165, 1.54) is 18.3 Å². The molecule has 1 aromatic carbocycles. The van der Waals surface area contributed by atoms with E-state index in [9.17, 15) is 19.7 Å². The molecule has 1 heterocycles. The van der Waals surface area contributed by atoms with Crippen LogP contribution in [0.3, 0.4) is 0 Å². The Hall–Kier alpha value is -2.55. The summed E-state index contributed by atoms with van der Waals surface area (Å²) in [6, 6.07) is 5.42. The normalized spacial score (nSPS) is 10.2. The highest BCUT2D eigenvalue weighted by Gasteiger charge is 2.19. The third-order valence-electron chi connectivity index (χ3n) is 2.57. The number of nitro groups is 1. The van der Waals surface area contributed by atoms with Crippen LogP contribution in [-0.4, -0.2) is 27.8 Å². The summed E-state index contributed by atoms with van der Waals surface area (Å²) in [5.41, 5.74) is -1.18. The average Bonchev–Trinajstić information content (AvgIpc) is 2.47. The van der Waals surface area contributed by atoms with Gasteiger partial charge in [0, 0.05) is 22.8 Å². The second kappa shape index (κ2) is 5.83. The number of esters is 1. The van der Waals surface area contributed by atoms with Gasteiger partial charge in [-0.05, 0) is 12.1 Å². The third kappa shape index (κ3) is 2.97. The third-order valence-corrected chi connectivity index (χ3v) is 3.06. The highest BCUT2D eigenvalue weighted by molar-refractivity contribution is 9.10. The number of benzene rings is 1. The van der Waals surface area contributed by atoms with Crippen LogP contribution in [0.4, 0.5) is 5.69 Å². The Labute approximate surface area is 126 Å². The molecule has 0 aliphatic rings. The summed E-state index contributed by atoms with van der Waals surface area (Å²) in [6.07, 6.45) is 1.24. The first-order valence-electron chi connectivity index (χ1n) is 5.56. The van der Waals surface area contributed by atoms with Gasteiger partial charge in [-0.2, -0.15) is 5.10 Å². The Balaban J connectivity index is 2.65. The summed E-state index contributed by atoms with van der Waals surface area (Å²) in [4.78, 5) is 33.5. The van der Waals surface area contributed by atoms with Crippen molar-refractivity contribution in [1.82, 2.24) is 9.78 Å². The Morgan fingerprint density at radius 2 is 2.14 bits per heavy atom. The van der Waals surface area contributed by atoms with E-state index in [0.29, 0.717) is 4.47 Å². The maximum atomic E-state index is 11.6. The summed E-state index contributed by atoms with van der Waals surface area (Å²) >= 11 is 3.14. The van der Waals surface area contributed by atoms with Gasteiger partial charge in [0.25, 0.3) is 5.69 Å². The molecule has 108 valence electrons. The van der Waals surface area contributed by atoms with Crippen molar-refractivity contribution in [2.24, 2.45) is 0 Å². The molecular formula is C12H8BrN3O5. The number of carbonyl (C=O) groups is 1. The summed E-state index contributed by atoms with van der Waals surface area (Å²) < 4.78 is 6.05. The molecule has 0 amide bonds. The van der Waals surface area contributed by atoms with E-state index >= 15 is 0 Å². The highest BCUT2D eigenvalue weighted by atomic mass is 79.9. The van der Waals surface area contributed by atoms with Gasteiger partial charge in [0.2, 0.25) is 11.1 Å². The van der Waals surface area contributed by atoms with Crippen molar-refractivity contribution in [2.75, 3.05) is 7.11 Å².